The molecule has 96 valence electrons. The summed E-state index contributed by atoms with van der Waals surface area (Å²) in [5.74, 6) is -0.411. The fraction of sp³-hybridized carbons (Fsp3) is 0.643. The van der Waals surface area contributed by atoms with Crippen LogP contribution in [0, 0.1) is 5.82 Å². The average Bonchev–Trinajstić information content (AvgIpc) is 2.34. The largest absolute Gasteiger partial charge is 0.388 e. The normalized spacial score (nSPS) is 12.6. The molecular formula is C14H22FNO. The van der Waals surface area contributed by atoms with Gasteiger partial charge < -0.3 is 5.11 Å². The van der Waals surface area contributed by atoms with Crippen molar-refractivity contribution in [3.05, 3.63) is 29.8 Å². The Hall–Kier alpha value is -0.960. The molecule has 0 radical (unpaired) electrons. The summed E-state index contributed by atoms with van der Waals surface area (Å²) in [5, 5.41) is 9.84. The minimum atomic E-state index is -0.691. The third kappa shape index (κ3) is 5.26. The third-order valence-corrected chi connectivity index (χ3v) is 2.99. The van der Waals surface area contributed by atoms with E-state index in [4.69, 9.17) is 0 Å². The smallest absolute Gasteiger partial charge is 0.147 e. The van der Waals surface area contributed by atoms with Crippen LogP contribution in [0.3, 0.4) is 0 Å². The van der Waals surface area contributed by atoms with Crippen molar-refractivity contribution in [2.24, 2.45) is 0 Å². The number of hydrogen-bond donors (Lipinski definition) is 1. The van der Waals surface area contributed by atoms with E-state index in [0.717, 1.165) is 19.0 Å². The van der Waals surface area contributed by atoms with Crippen molar-refractivity contribution in [3.63, 3.8) is 0 Å². The second-order valence-electron chi connectivity index (χ2n) is 4.47. The third-order valence-electron chi connectivity index (χ3n) is 2.99. The number of rotatable bonds is 8. The lowest BCUT2D eigenvalue weighted by atomic mass is 10.0. The van der Waals surface area contributed by atoms with Gasteiger partial charge in [-0.05, 0) is 12.5 Å². The highest BCUT2D eigenvalue weighted by Gasteiger charge is 2.11. The van der Waals surface area contributed by atoms with Gasteiger partial charge in [-0.2, -0.15) is 0 Å². The minimum absolute atomic E-state index is 0.369. The maximum Gasteiger partial charge on any atom is 0.147 e. The Balaban J connectivity index is 2.21. The highest BCUT2D eigenvalue weighted by molar-refractivity contribution is 5.15. The quantitative estimate of drug-likeness (QED) is 0.695. The van der Waals surface area contributed by atoms with Crippen molar-refractivity contribution in [3.8, 4) is 0 Å². The first-order chi connectivity index (χ1) is 8.25. The molecule has 1 unspecified atom stereocenters. The van der Waals surface area contributed by atoms with E-state index >= 15 is 0 Å². The fourth-order valence-electron chi connectivity index (χ4n) is 1.93. The molecule has 0 saturated carbocycles. The summed E-state index contributed by atoms with van der Waals surface area (Å²) in [5.41, 5.74) is 0.369. The molecule has 0 amide bonds. The molecule has 3 heteroatoms. The standard InChI is InChI=1S/C14H22FNO/c1-2-3-4-5-6-7-8-14(17)12-9-10-16-11-13(12)15/h9-11,14,17H,2-8H2,1H3. The molecule has 0 aliphatic rings. The van der Waals surface area contributed by atoms with Crippen LogP contribution in [0.5, 0.6) is 0 Å². The van der Waals surface area contributed by atoms with Gasteiger partial charge in [0.2, 0.25) is 0 Å². The first-order valence-electron chi connectivity index (χ1n) is 6.53. The minimum Gasteiger partial charge on any atom is -0.388 e. The van der Waals surface area contributed by atoms with E-state index in [-0.39, 0.29) is 0 Å². The van der Waals surface area contributed by atoms with E-state index in [9.17, 15) is 9.50 Å². The SMILES string of the molecule is CCCCCCCCC(O)c1ccncc1F. The van der Waals surface area contributed by atoms with E-state index in [1.165, 1.54) is 31.9 Å². The number of unbranched alkanes of at least 4 members (excludes halogenated alkanes) is 5. The molecular weight excluding hydrogens is 217 g/mol. The van der Waals surface area contributed by atoms with Gasteiger partial charge in [-0.1, -0.05) is 45.4 Å². The monoisotopic (exact) mass is 239 g/mol. The van der Waals surface area contributed by atoms with E-state index in [1.807, 2.05) is 0 Å². The van der Waals surface area contributed by atoms with Crippen molar-refractivity contribution in [1.82, 2.24) is 4.98 Å². The molecule has 1 aromatic heterocycles. The van der Waals surface area contributed by atoms with Gasteiger partial charge in [-0.15, -0.1) is 0 Å². The predicted octanol–water partition coefficient (Wildman–Crippen LogP) is 4.00. The molecule has 0 aliphatic heterocycles. The molecule has 0 saturated heterocycles. The van der Waals surface area contributed by atoms with Crippen LogP contribution in [0.4, 0.5) is 4.39 Å². The van der Waals surface area contributed by atoms with Gasteiger partial charge in [0.05, 0.1) is 12.3 Å². The number of pyridine rings is 1. The number of nitrogens with zero attached hydrogens (tertiary/aromatic N) is 1. The zero-order valence-electron chi connectivity index (χ0n) is 10.5. The zero-order valence-corrected chi connectivity index (χ0v) is 10.5. The summed E-state index contributed by atoms with van der Waals surface area (Å²) < 4.78 is 13.3. The van der Waals surface area contributed by atoms with Crippen molar-refractivity contribution >= 4 is 0 Å². The highest BCUT2D eigenvalue weighted by atomic mass is 19.1. The molecule has 1 rings (SSSR count). The number of aromatic nitrogens is 1. The van der Waals surface area contributed by atoms with Gasteiger partial charge >= 0.3 is 0 Å². The molecule has 0 aliphatic carbocycles. The Morgan fingerprint density at radius 3 is 2.65 bits per heavy atom. The Bertz CT molecular complexity index is 317. The molecule has 1 atom stereocenters. The molecule has 0 fully saturated rings. The molecule has 17 heavy (non-hydrogen) atoms. The maximum absolute atomic E-state index is 13.3. The number of aliphatic hydroxyl groups is 1. The van der Waals surface area contributed by atoms with Gasteiger partial charge in [0.1, 0.15) is 5.82 Å². The Morgan fingerprint density at radius 1 is 1.24 bits per heavy atom. The van der Waals surface area contributed by atoms with Crippen LogP contribution in [-0.2, 0) is 0 Å². The summed E-state index contributed by atoms with van der Waals surface area (Å²) in [6.07, 6.45) is 9.66. The molecule has 0 aromatic carbocycles. The molecule has 2 nitrogen and oxygen atoms in total. The van der Waals surface area contributed by atoms with Gasteiger partial charge in [-0.25, -0.2) is 4.39 Å². The molecule has 1 N–H and O–H groups in total. The van der Waals surface area contributed by atoms with Crippen molar-refractivity contribution in [1.29, 1.82) is 0 Å². The molecule has 1 heterocycles. The van der Waals surface area contributed by atoms with Crippen LogP contribution in [-0.4, -0.2) is 10.1 Å². The number of hydrogen-bond acceptors (Lipinski definition) is 2. The van der Waals surface area contributed by atoms with Crippen LogP contribution in [0.25, 0.3) is 0 Å². The second-order valence-corrected chi connectivity index (χ2v) is 4.47. The van der Waals surface area contributed by atoms with Gasteiger partial charge in [-0.3, -0.25) is 4.98 Å². The number of halogens is 1. The van der Waals surface area contributed by atoms with Gasteiger partial charge in [0.15, 0.2) is 0 Å². The van der Waals surface area contributed by atoms with Gasteiger partial charge in [0, 0.05) is 11.8 Å². The Kier molecular flexibility index (Phi) is 6.78. The maximum atomic E-state index is 13.3. The van der Waals surface area contributed by atoms with Crippen molar-refractivity contribution in [2.75, 3.05) is 0 Å². The van der Waals surface area contributed by atoms with Crippen LogP contribution < -0.4 is 0 Å². The summed E-state index contributed by atoms with van der Waals surface area (Å²) in [6, 6.07) is 1.55. The van der Waals surface area contributed by atoms with Crippen molar-refractivity contribution in [2.45, 2.75) is 58.0 Å². The lowest BCUT2D eigenvalue weighted by Crippen LogP contribution is -2.01. The van der Waals surface area contributed by atoms with Crippen LogP contribution in [0.2, 0.25) is 0 Å². The molecule has 0 spiro atoms. The first-order valence-corrected chi connectivity index (χ1v) is 6.53. The lowest BCUT2D eigenvalue weighted by Gasteiger charge is -2.11. The van der Waals surface area contributed by atoms with Crippen LogP contribution in [0.15, 0.2) is 18.5 Å². The average molecular weight is 239 g/mol. The second kappa shape index (κ2) is 8.18. The highest BCUT2D eigenvalue weighted by Crippen LogP contribution is 2.21. The van der Waals surface area contributed by atoms with E-state index in [0.29, 0.717) is 12.0 Å². The Labute approximate surface area is 103 Å². The summed E-state index contributed by atoms with van der Waals surface area (Å²) in [7, 11) is 0. The first kappa shape index (κ1) is 14.1. The predicted molar refractivity (Wildman–Crippen MR) is 67.1 cm³/mol. The van der Waals surface area contributed by atoms with E-state index in [2.05, 4.69) is 11.9 Å². The summed E-state index contributed by atoms with van der Waals surface area (Å²) in [4.78, 5) is 3.67. The van der Waals surface area contributed by atoms with Crippen LogP contribution in [0.1, 0.15) is 63.5 Å². The van der Waals surface area contributed by atoms with Crippen molar-refractivity contribution < 1.29 is 9.50 Å². The van der Waals surface area contributed by atoms with Crippen LogP contribution >= 0.6 is 0 Å². The summed E-state index contributed by atoms with van der Waals surface area (Å²) >= 11 is 0. The van der Waals surface area contributed by atoms with E-state index in [1.54, 1.807) is 6.07 Å². The topological polar surface area (TPSA) is 33.1 Å². The Morgan fingerprint density at radius 2 is 1.94 bits per heavy atom. The number of aliphatic hydroxyl groups excluding tert-OH is 1. The molecule has 0 bridgehead atoms. The van der Waals surface area contributed by atoms with E-state index < -0.39 is 11.9 Å². The zero-order chi connectivity index (χ0) is 12.5. The molecule has 1 aromatic rings. The fourth-order valence-corrected chi connectivity index (χ4v) is 1.93. The lowest BCUT2D eigenvalue weighted by molar-refractivity contribution is 0.158. The summed E-state index contributed by atoms with van der Waals surface area (Å²) in [6.45, 7) is 2.19. The van der Waals surface area contributed by atoms with Gasteiger partial charge in [0.25, 0.3) is 0 Å².